The maximum atomic E-state index is 11.7. The molecule has 0 saturated heterocycles. The van der Waals surface area contributed by atoms with Gasteiger partial charge < -0.3 is 14.8 Å². The monoisotopic (exact) mass is 237 g/mol. The van der Waals surface area contributed by atoms with Gasteiger partial charge in [0.15, 0.2) is 6.29 Å². The highest BCUT2D eigenvalue weighted by molar-refractivity contribution is 5.94. The Morgan fingerprint density at radius 3 is 2.35 bits per heavy atom. The van der Waals surface area contributed by atoms with Gasteiger partial charge in [-0.25, -0.2) is 0 Å². The summed E-state index contributed by atoms with van der Waals surface area (Å²) in [5.41, 5.74) is 1.02. The molecule has 0 aromatic heterocycles. The standard InChI is InChI=1S/C12H15NO4/c1-16-11(17-2)7-13-12(15)10-5-3-9(8-14)4-6-10/h3-6,8,11H,7H2,1-2H3,(H,13,15). The highest BCUT2D eigenvalue weighted by Crippen LogP contribution is 2.02. The van der Waals surface area contributed by atoms with Crippen LogP contribution < -0.4 is 5.32 Å². The number of hydrogen-bond donors (Lipinski definition) is 1. The van der Waals surface area contributed by atoms with Gasteiger partial charge >= 0.3 is 0 Å². The lowest BCUT2D eigenvalue weighted by Gasteiger charge is -2.13. The van der Waals surface area contributed by atoms with E-state index in [0.29, 0.717) is 11.1 Å². The van der Waals surface area contributed by atoms with Crippen molar-refractivity contribution in [1.29, 1.82) is 0 Å². The minimum Gasteiger partial charge on any atom is -0.354 e. The Morgan fingerprint density at radius 1 is 1.29 bits per heavy atom. The van der Waals surface area contributed by atoms with Crippen LogP contribution in [0.5, 0.6) is 0 Å². The Hall–Kier alpha value is -1.72. The van der Waals surface area contributed by atoms with Gasteiger partial charge in [-0.2, -0.15) is 0 Å². The van der Waals surface area contributed by atoms with Crippen LogP contribution in [0, 0.1) is 0 Å². The van der Waals surface area contributed by atoms with Gasteiger partial charge in [0.25, 0.3) is 5.91 Å². The molecule has 92 valence electrons. The molecule has 17 heavy (non-hydrogen) atoms. The molecule has 0 aliphatic carbocycles. The molecule has 1 N–H and O–H groups in total. The van der Waals surface area contributed by atoms with Gasteiger partial charge in [0.05, 0.1) is 6.54 Å². The van der Waals surface area contributed by atoms with Crippen molar-refractivity contribution in [1.82, 2.24) is 5.32 Å². The smallest absolute Gasteiger partial charge is 0.251 e. The third kappa shape index (κ3) is 3.97. The largest absolute Gasteiger partial charge is 0.354 e. The van der Waals surface area contributed by atoms with E-state index in [1.807, 2.05) is 0 Å². The van der Waals surface area contributed by atoms with Crippen LogP contribution in [0.4, 0.5) is 0 Å². The van der Waals surface area contributed by atoms with Crippen LogP contribution in [0.25, 0.3) is 0 Å². The molecule has 0 saturated carbocycles. The molecule has 5 heteroatoms. The molecule has 5 nitrogen and oxygen atoms in total. The summed E-state index contributed by atoms with van der Waals surface area (Å²) in [6.45, 7) is 0.265. The lowest BCUT2D eigenvalue weighted by atomic mass is 10.1. The van der Waals surface area contributed by atoms with Gasteiger partial charge in [0.2, 0.25) is 0 Å². The fraction of sp³-hybridized carbons (Fsp3) is 0.333. The van der Waals surface area contributed by atoms with Crippen molar-refractivity contribution in [3.8, 4) is 0 Å². The summed E-state index contributed by atoms with van der Waals surface area (Å²) in [6.07, 6.45) is 0.265. The quantitative estimate of drug-likeness (QED) is 0.588. The Morgan fingerprint density at radius 2 is 1.88 bits per heavy atom. The molecule has 0 spiro atoms. The van der Waals surface area contributed by atoms with Crippen molar-refractivity contribution in [3.05, 3.63) is 35.4 Å². The highest BCUT2D eigenvalue weighted by Gasteiger charge is 2.09. The third-order valence-corrected chi connectivity index (χ3v) is 2.26. The van der Waals surface area contributed by atoms with Crippen LogP contribution in [0.1, 0.15) is 20.7 Å². The van der Waals surface area contributed by atoms with E-state index in [1.165, 1.54) is 14.2 Å². The van der Waals surface area contributed by atoms with Crippen LogP contribution in [0.15, 0.2) is 24.3 Å². The Balaban J connectivity index is 2.54. The molecule has 1 aromatic carbocycles. The number of benzene rings is 1. The first-order valence-corrected chi connectivity index (χ1v) is 5.10. The number of rotatable bonds is 6. The third-order valence-electron chi connectivity index (χ3n) is 2.26. The number of methoxy groups -OCH3 is 2. The highest BCUT2D eigenvalue weighted by atomic mass is 16.7. The second kappa shape index (κ2) is 6.78. The first-order valence-electron chi connectivity index (χ1n) is 5.10. The summed E-state index contributed by atoms with van der Waals surface area (Å²) in [7, 11) is 3.00. The Labute approximate surface area is 99.7 Å². The predicted octanol–water partition coefficient (Wildman–Crippen LogP) is 0.848. The summed E-state index contributed by atoms with van der Waals surface area (Å²) < 4.78 is 9.88. The number of carbonyl (C=O) groups excluding carboxylic acids is 2. The molecule has 0 radical (unpaired) electrons. The van der Waals surface area contributed by atoms with Gasteiger partial charge in [0, 0.05) is 25.3 Å². The van der Waals surface area contributed by atoms with Crippen molar-refractivity contribution >= 4 is 12.2 Å². The van der Waals surface area contributed by atoms with Crippen LogP contribution >= 0.6 is 0 Å². The van der Waals surface area contributed by atoms with Gasteiger partial charge in [-0.1, -0.05) is 12.1 Å². The van der Waals surface area contributed by atoms with E-state index in [0.717, 1.165) is 6.29 Å². The molecular weight excluding hydrogens is 222 g/mol. The van der Waals surface area contributed by atoms with Crippen LogP contribution in [-0.2, 0) is 9.47 Å². The van der Waals surface area contributed by atoms with Crippen molar-refractivity contribution in [2.45, 2.75) is 6.29 Å². The Kier molecular flexibility index (Phi) is 5.32. The second-order valence-corrected chi connectivity index (χ2v) is 3.35. The lowest BCUT2D eigenvalue weighted by Crippen LogP contribution is -2.34. The molecule has 0 fully saturated rings. The summed E-state index contributed by atoms with van der Waals surface area (Å²) in [5.74, 6) is -0.235. The number of amides is 1. The molecule has 0 bridgehead atoms. The van der Waals surface area contributed by atoms with E-state index in [2.05, 4.69) is 5.32 Å². The SMILES string of the molecule is COC(CNC(=O)c1ccc(C=O)cc1)OC. The molecule has 0 aliphatic heterocycles. The average Bonchev–Trinajstić information content (AvgIpc) is 2.39. The van der Waals surface area contributed by atoms with E-state index in [4.69, 9.17) is 9.47 Å². The zero-order valence-corrected chi connectivity index (χ0v) is 9.80. The molecule has 1 aromatic rings. The van der Waals surface area contributed by atoms with Crippen LogP contribution in [0.2, 0.25) is 0 Å². The average molecular weight is 237 g/mol. The molecule has 0 aliphatic rings. The maximum Gasteiger partial charge on any atom is 0.251 e. The minimum atomic E-state index is -0.465. The molecule has 1 rings (SSSR count). The zero-order chi connectivity index (χ0) is 12.7. The number of aldehydes is 1. The summed E-state index contributed by atoms with van der Waals surface area (Å²) >= 11 is 0. The summed E-state index contributed by atoms with van der Waals surface area (Å²) in [4.78, 5) is 22.1. The Bertz CT molecular complexity index is 371. The number of carbonyl (C=O) groups is 2. The molecular formula is C12H15NO4. The van der Waals surface area contributed by atoms with Gasteiger partial charge in [-0.3, -0.25) is 9.59 Å². The van der Waals surface area contributed by atoms with Crippen molar-refractivity contribution in [2.75, 3.05) is 20.8 Å². The topological polar surface area (TPSA) is 64.6 Å². The van der Waals surface area contributed by atoms with Crippen molar-refractivity contribution < 1.29 is 19.1 Å². The van der Waals surface area contributed by atoms with E-state index in [1.54, 1.807) is 24.3 Å². The maximum absolute atomic E-state index is 11.7. The first kappa shape index (κ1) is 13.3. The normalized spacial score (nSPS) is 10.3. The minimum absolute atomic E-state index is 0.235. The number of ether oxygens (including phenoxy) is 2. The zero-order valence-electron chi connectivity index (χ0n) is 9.80. The van der Waals surface area contributed by atoms with E-state index >= 15 is 0 Å². The fourth-order valence-electron chi connectivity index (χ4n) is 1.25. The van der Waals surface area contributed by atoms with Gasteiger partial charge in [0.1, 0.15) is 6.29 Å². The molecule has 0 heterocycles. The van der Waals surface area contributed by atoms with Crippen molar-refractivity contribution in [3.63, 3.8) is 0 Å². The number of hydrogen-bond acceptors (Lipinski definition) is 4. The fourth-order valence-corrected chi connectivity index (χ4v) is 1.25. The molecule has 0 atom stereocenters. The molecule has 0 unspecified atom stereocenters. The van der Waals surface area contributed by atoms with E-state index < -0.39 is 6.29 Å². The predicted molar refractivity (Wildman–Crippen MR) is 62.0 cm³/mol. The lowest BCUT2D eigenvalue weighted by molar-refractivity contribution is -0.0974. The molecule has 1 amide bonds. The van der Waals surface area contributed by atoms with Gasteiger partial charge in [-0.05, 0) is 12.1 Å². The van der Waals surface area contributed by atoms with E-state index in [-0.39, 0.29) is 12.5 Å². The first-order chi connectivity index (χ1) is 8.21. The van der Waals surface area contributed by atoms with Gasteiger partial charge in [-0.15, -0.1) is 0 Å². The van der Waals surface area contributed by atoms with E-state index in [9.17, 15) is 9.59 Å². The van der Waals surface area contributed by atoms with Crippen LogP contribution in [-0.4, -0.2) is 39.2 Å². The number of nitrogens with one attached hydrogen (secondary N) is 1. The summed E-state index contributed by atoms with van der Waals surface area (Å²) in [6, 6.07) is 6.36. The second-order valence-electron chi connectivity index (χ2n) is 3.35. The van der Waals surface area contributed by atoms with Crippen molar-refractivity contribution in [2.24, 2.45) is 0 Å². The summed E-state index contributed by atoms with van der Waals surface area (Å²) in [5, 5.41) is 2.66. The van der Waals surface area contributed by atoms with Crippen LogP contribution in [0.3, 0.4) is 0 Å².